The molecule has 0 aliphatic heterocycles. The highest BCUT2D eigenvalue weighted by molar-refractivity contribution is 7.18. The zero-order valence-electron chi connectivity index (χ0n) is 11.4. The van der Waals surface area contributed by atoms with E-state index in [0.717, 1.165) is 24.9 Å². The van der Waals surface area contributed by atoms with Gasteiger partial charge in [0.1, 0.15) is 0 Å². The van der Waals surface area contributed by atoms with Gasteiger partial charge >= 0.3 is 0 Å². The van der Waals surface area contributed by atoms with Crippen LogP contribution in [0.15, 0.2) is 35.7 Å². The third-order valence-electron chi connectivity index (χ3n) is 3.40. The normalized spacial score (nSPS) is 11.7. The van der Waals surface area contributed by atoms with Crippen LogP contribution in [0.1, 0.15) is 12.1 Å². The predicted octanol–water partition coefficient (Wildman–Crippen LogP) is 3.94. The molecule has 0 spiro atoms. The van der Waals surface area contributed by atoms with Crippen molar-refractivity contribution in [2.24, 2.45) is 0 Å². The Bertz CT molecular complexity index is 700. The first-order chi connectivity index (χ1) is 9.25. The Morgan fingerprint density at radius 3 is 2.79 bits per heavy atom. The van der Waals surface area contributed by atoms with Crippen molar-refractivity contribution in [3.8, 4) is 0 Å². The number of hydrogen-bond donors (Lipinski definition) is 0. The van der Waals surface area contributed by atoms with Crippen molar-refractivity contribution in [3.63, 3.8) is 0 Å². The van der Waals surface area contributed by atoms with Gasteiger partial charge in [-0.1, -0.05) is 18.2 Å². The van der Waals surface area contributed by atoms with E-state index < -0.39 is 0 Å². The van der Waals surface area contributed by atoms with Crippen molar-refractivity contribution in [1.29, 1.82) is 0 Å². The fourth-order valence-corrected chi connectivity index (χ4v) is 3.42. The Morgan fingerprint density at radius 1 is 1.11 bits per heavy atom. The number of para-hydroxylation sites is 1. The maximum atomic E-state index is 4.86. The number of hydrogen-bond acceptors (Lipinski definition) is 3. The summed E-state index contributed by atoms with van der Waals surface area (Å²) in [7, 11) is 4.24. The lowest BCUT2D eigenvalue weighted by atomic mass is 10.1. The van der Waals surface area contributed by atoms with E-state index in [1.165, 1.54) is 21.2 Å². The van der Waals surface area contributed by atoms with Crippen molar-refractivity contribution >= 4 is 32.3 Å². The Balaban J connectivity index is 2.04. The lowest BCUT2D eigenvalue weighted by molar-refractivity contribution is 0.400. The van der Waals surface area contributed by atoms with Gasteiger partial charge in [-0.2, -0.15) is 0 Å². The minimum atomic E-state index is 1.05. The topological polar surface area (TPSA) is 16.1 Å². The molecule has 3 heteroatoms. The third-order valence-corrected chi connectivity index (χ3v) is 4.35. The first-order valence-corrected chi connectivity index (χ1v) is 7.53. The van der Waals surface area contributed by atoms with Crippen LogP contribution in [-0.4, -0.2) is 30.5 Å². The molecule has 0 aliphatic rings. The molecule has 0 atom stereocenters. The molecule has 3 rings (SSSR count). The highest BCUT2D eigenvalue weighted by Gasteiger charge is 2.09. The minimum absolute atomic E-state index is 1.05. The number of benzene rings is 1. The van der Waals surface area contributed by atoms with Crippen LogP contribution in [0.25, 0.3) is 21.0 Å². The molecule has 0 amide bonds. The smallest absolute Gasteiger partial charge is 0.0719 e. The van der Waals surface area contributed by atoms with Crippen LogP contribution in [0.2, 0.25) is 0 Å². The second-order valence-electron chi connectivity index (χ2n) is 5.15. The molecule has 0 radical (unpaired) electrons. The molecule has 0 aliphatic carbocycles. The number of aryl methyl sites for hydroxylation is 1. The van der Waals surface area contributed by atoms with Crippen LogP contribution in [-0.2, 0) is 6.42 Å². The maximum absolute atomic E-state index is 4.86. The molecule has 2 nitrogen and oxygen atoms in total. The number of nitrogens with zero attached hydrogens (tertiary/aromatic N) is 2. The van der Waals surface area contributed by atoms with Crippen molar-refractivity contribution in [1.82, 2.24) is 9.88 Å². The molecule has 0 saturated heterocycles. The minimum Gasteiger partial charge on any atom is -0.309 e. The summed E-state index contributed by atoms with van der Waals surface area (Å²) < 4.78 is 1.38. The highest BCUT2D eigenvalue weighted by atomic mass is 32.1. The average molecular weight is 270 g/mol. The number of fused-ring (bicyclic) bond motifs is 3. The third kappa shape index (κ3) is 2.48. The Kier molecular flexibility index (Phi) is 3.49. The number of aromatic nitrogens is 1. The molecular formula is C16H18N2S. The van der Waals surface area contributed by atoms with Crippen LogP contribution in [0, 0.1) is 0 Å². The second kappa shape index (κ2) is 5.27. The molecule has 0 saturated carbocycles. The summed E-state index contributed by atoms with van der Waals surface area (Å²) in [5.74, 6) is 0. The van der Waals surface area contributed by atoms with Gasteiger partial charge in [0, 0.05) is 21.2 Å². The van der Waals surface area contributed by atoms with Crippen LogP contribution in [0.4, 0.5) is 0 Å². The van der Waals surface area contributed by atoms with E-state index in [4.69, 9.17) is 4.98 Å². The van der Waals surface area contributed by atoms with Gasteiger partial charge in [0.15, 0.2) is 0 Å². The number of thiophene rings is 1. The molecule has 2 heterocycles. The second-order valence-corrected chi connectivity index (χ2v) is 6.06. The summed E-state index contributed by atoms with van der Waals surface area (Å²) in [5, 5.41) is 4.79. The van der Waals surface area contributed by atoms with Gasteiger partial charge in [0.2, 0.25) is 0 Å². The largest absolute Gasteiger partial charge is 0.309 e. The fraction of sp³-hybridized carbons (Fsp3) is 0.312. The molecule has 19 heavy (non-hydrogen) atoms. The molecular weight excluding hydrogens is 252 g/mol. The van der Waals surface area contributed by atoms with Gasteiger partial charge in [0.25, 0.3) is 0 Å². The Labute approximate surface area is 117 Å². The van der Waals surface area contributed by atoms with Gasteiger partial charge < -0.3 is 4.90 Å². The lowest BCUT2D eigenvalue weighted by Crippen LogP contribution is -2.13. The van der Waals surface area contributed by atoms with E-state index in [9.17, 15) is 0 Å². The van der Waals surface area contributed by atoms with Crippen LogP contribution < -0.4 is 0 Å². The van der Waals surface area contributed by atoms with Crippen LogP contribution in [0.3, 0.4) is 0 Å². The van der Waals surface area contributed by atoms with Crippen molar-refractivity contribution in [2.45, 2.75) is 12.8 Å². The molecule has 0 fully saturated rings. The van der Waals surface area contributed by atoms with Gasteiger partial charge in [-0.25, -0.2) is 0 Å². The quantitative estimate of drug-likeness (QED) is 0.714. The standard InChI is InChI=1S/C16H18N2S/c1-18(2)10-5-8-15-13-9-11-19-16(13)12-6-3-4-7-14(12)17-15/h3-4,6-7,9,11H,5,8,10H2,1-2H3. The molecule has 2 aromatic heterocycles. The number of pyridine rings is 1. The maximum Gasteiger partial charge on any atom is 0.0719 e. The lowest BCUT2D eigenvalue weighted by Gasteiger charge is -2.10. The predicted molar refractivity (Wildman–Crippen MR) is 84.0 cm³/mol. The van der Waals surface area contributed by atoms with E-state index >= 15 is 0 Å². The summed E-state index contributed by atoms with van der Waals surface area (Å²) >= 11 is 1.82. The molecule has 0 N–H and O–H groups in total. The average Bonchev–Trinajstić information content (AvgIpc) is 2.88. The zero-order chi connectivity index (χ0) is 13.2. The fourth-order valence-electron chi connectivity index (χ4n) is 2.47. The monoisotopic (exact) mass is 270 g/mol. The first kappa shape index (κ1) is 12.6. The van der Waals surface area contributed by atoms with E-state index in [1.54, 1.807) is 0 Å². The Morgan fingerprint density at radius 2 is 1.95 bits per heavy atom. The van der Waals surface area contributed by atoms with Crippen LogP contribution >= 0.6 is 11.3 Å². The van der Waals surface area contributed by atoms with Gasteiger partial charge in [0.05, 0.1) is 5.52 Å². The van der Waals surface area contributed by atoms with Crippen LogP contribution in [0.5, 0.6) is 0 Å². The highest BCUT2D eigenvalue weighted by Crippen LogP contribution is 2.31. The van der Waals surface area contributed by atoms with Gasteiger partial charge in [-0.15, -0.1) is 11.3 Å². The zero-order valence-corrected chi connectivity index (χ0v) is 12.2. The molecule has 0 unspecified atom stereocenters. The summed E-state index contributed by atoms with van der Waals surface area (Å²) in [6.45, 7) is 1.11. The Hall–Kier alpha value is -1.45. The summed E-state index contributed by atoms with van der Waals surface area (Å²) in [6, 6.07) is 10.7. The molecule has 3 aromatic rings. The molecule has 0 bridgehead atoms. The SMILES string of the molecule is CN(C)CCCc1nc2ccccc2c2sccc12. The molecule has 98 valence electrons. The van der Waals surface area contributed by atoms with Gasteiger partial charge in [-0.3, -0.25) is 4.98 Å². The van der Waals surface area contributed by atoms with E-state index in [2.05, 4.69) is 54.7 Å². The van der Waals surface area contributed by atoms with Gasteiger partial charge in [-0.05, 0) is 51.0 Å². The summed E-state index contributed by atoms with van der Waals surface area (Å²) in [4.78, 5) is 7.09. The summed E-state index contributed by atoms with van der Waals surface area (Å²) in [6.07, 6.45) is 2.21. The van der Waals surface area contributed by atoms with Crippen molar-refractivity contribution < 1.29 is 0 Å². The van der Waals surface area contributed by atoms with E-state index in [1.807, 2.05) is 11.3 Å². The summed E-state index contributed by atoms with van der Waals surface area (Å²) in [5.41, 5.74) is 2.37. The van der Waals surface area contributed by atoms with E-state index in [-0.39, 0.29) is 0 Å². The van der Waals surface area contributed by atoms with Crippen molar-refractivity contribution in [3.05, 3.63) is 41.4 Å². The van der Waals surface area contributed by atoms with E-state index in [0.29, 0.717) is 0 Å². The molecule has 1 aromatic carbocycles. The van der Waals surface area contributed by atoms with Crippen molar-refractivity contribution in [2.75, 3.05) is 20.6 Å². The number of rotatable bonds is 4. The first-order valence-electron chi connectivity index (χ1n) is 6.65.